The van der Waals surface area contributed by atoms with Crippen molar-refractivity contribution in [2.75, 3.05) is 6.54 Å². The largest absolute Gasteiger partial charge is 0.215 e. The Labute approximate surface area is 123 Å². The topological polar surface area (TPSA) is 46.2 Å². The maximum atomic E-state index is 12.1. The molecule has 0 spiro atoms. The molecule has 0 bridgehead atoms. The lowest BCUT2D eigenvalue weighted by atomic mass is 10.00. The van der Waals surface area contributed by atoms with Crippen LogP contribution in [0.5, 0.6) is 0 Å². The van der Waals surface area contributed by atoms with Crippen LogP contribution in [0.25, 0.3) is 0 Å². The van der Waals surface area contributed by atoms with Gasteiger partial charge in [0.05, 0.1) is 5.75 Å². The lowest BCUT2D eigenvalue weighted by molar-refractivity contribution is 0.443. The first-order chi connectivity index (χ1) is 9.46. The zero-order chi connectivity index (χ0) is 15.0. The number of aryl methyl sites for hydroxylation is 1. The second kappa shape index (κ2) is 8.42. The van der Waals surface area contributed by atoms with E-state index in [1.165, 1.54) is 0 Å². The Morgan fingerprint density at radius 1 is 1.15 bits per heavy atom. The van der Waals surface area contributed by atoms with Crippen LogP contribution in [0.4, 0.5) is 0 Å². The molecule has 0 unspecified atom stereocenters. The molecule has 1 N–H and O–H groups in total. The number of sulfonamides is 1. The fourth-order valence-electron chi connectivity index (χ4n) is 2.14. The van der Waals surface area contributed by atoms with E-state index in [9.17, 15) is 8.42 Å². The van der Waals surface area contributed by atoms with Crippen LogP contribution < -0.4 is 4.72 Å². The van der Waals surface area contributed by atoms with Crippen molar-refractivity contribution in [2.24, 2.45) is 5.92 Å². The zero-order valence-corrected chi connectivity index (χ0v) is 13.7. The first-order valence-corrected chi connectivity index (χ1v) is 9.15. The molecule has 1 aromatic carbocycles. The molecule has 0 aliphatic carbocycles. The molecule has 0 fully saturated rings. The third kappa shape index (κ3) is 6.53. The Hall–Kier alpha value is -0.870. The summed E-state index contributed by atoms with van der Waals surface area (Å²) in [5.41, 5.74) is 1.98. The van der Waals surface area contributed by atoms with Crippen LogP contribution in [0.2, 0.25) is 0 Å². The highest BCUT2D eigenvalue weighted by Crippen LogP contribution is 2.13. The highest BCUT2D eigenvalue weighted by atomic mass is 32.2. The molecule has 0 radical (unpaired) electrons. The first kappa shape index (κ1) is 17.2. The number of nitrogens with one attached hydrogen (secondary N) is 1. The quantitative estimate of drug-likeness (QED) is 0.756. The second-order valence-electron chi connectivity index (χ2n) is 5.51. The van der Waals surface area contributed by atoms with E-state index in [-0.39, 0.29) is 5.75 Å². The van der Waals surface area contributed by atoms with Gasteiger partial charge in [-0.1, -0.05) is 62.9 Å². The Morgan fingerprint density at radius 3 is 2.35 bits per heavy atom. The van der Waals surface area contributed by atoms with E-state index < -0.39 is 10.0 Å². The van der Waals surface area contributed by atoms with Gasteiger partial charge in [-0.3, -0.25) is 0 Å². The molecule has 0 aliphatic rings. The van der Waals surface area contributed by atoms with E-state index in [2.05, 4.69) is 18.6 Å². The van der Waals surface area contributed by atoms with Gasteiger partial charge in [-0.15, -0.1) is 0 Å². The van der Waals surface area contributed by atoms with E-state index in [0.29, 0.717) is 12.5 Å². The molecule has 0 aliphatic heterocycles. The third-order valence-corrected chi connectivity index (χ3v) is 4.93. The molecule has 114 valence electrons. The van der Waals surface area contributed by atoms with Gasteiger partial charge < -0.3 is 0 Å². The summed E-state index contributed by atoms with van der Waals surface area (Å²) in [7, 11) is -3.23. The van der Waals surface area contributed by atoms with Crippen LogP contribution in [0.1, 0.15) is 50.7 Å². The summed E-state index contributed by atoms with van der Waals surface area (Å²) in [6.07, 6.45) is 4.44. The van der Waals surface area contributed by atoms with Crippen molar-refractivity contribution in [3.05, 3.63) is 35.4 Å². The zero-order valence-electron chi connectivity index (χ0n) is 12.9. The van der Waals surface area contributed by atoms with E-state index in [1.807, 2.05) is 31.2 Å². The summed E-state index contributed by atoms with van der Waals surface area (Å²) in [4.78, 5) is 0. The van der Waals surface area contributed by atoms with Crippen LogP contribution in [0.3, 0.4) is 0 Å². The first-order valence-electron chi connectivity index (χ1n) is 7.49. The van der Waals surface area contributed by atoms with Crippen molar-refractivity contribution < 1.29 is 8.42 Å². The Kier molecular flexibility index (Phi) is 7.24. The molecular formula is C16H27NO2S. The van der Waals surface area contributed by atoms with Crippen LogP contribution in [0.15, 0.2) is 24.3 Å². The van der Waals surface area contributed by atoms with Gasteiger partial charge in [-0.05, 0) is 24.8 Å². The predicted octanol–water partition coefficient (Wildman–Crippen LogP) is 3.63. The molecule has 0 amide bonds. The Morgan fingerprint density at radius 2 is 1.80 bits per heavy atom. The minimum atomic E-state index is -3.23. The fraction of sp³-hybridized carbons (Fsp3) is 0.625. The summed E-state index contributed by atoms with van der Waals surface area (Å²) >= 11 is 0. The molecule has 4 heteroatoms. The lowest BCUT2D eigenvalue weighted by Crippen LogP contribution is -2.30. The van der Waals surface area contributed by atoms with E-state index in [0.717, 1.165) is 36.8 Å². The second-order valence-corrected chi connectivity index (χ2v) is 7.32. The van der Waals surface area contributed by atoms with Crippen molar-refractivity contribution in [2.45, 2.75) is 52.2 Å². The van der Waals surface area contributed by atoms with Gasteiger partial charge in [0, 0.05) is 6.54 Å². The third-order valence-electron chi connectivity index (χ3n) is 3.61. The number of benzene rings is 1. The van der Waals surface area contributed by atoms with Gasteiger partial charge in [0.15, 0.2) is 0 Å². The number of hydrogen-bond acceptors (Lipinski definition) is 2. The van der Waals surface area contributed by atoms with Crippen molar-refractivity contribution in [1.82, 2.24) is 4.72 Å². The maximum Gasteiger partial charge on any atom is 0.215 e. The molecule has 0 saturated carbocycles. The highest BCUT2D eigenvalue weighted by molar-refractivity contribution is 7.88. The van der Waals surface area contributed by atoms with E-state index in [4.69, 9.17) is 0 Å². The molecule has 0 heterocycles. The molecule has 3 nitrogen and oxygen atoms in total. The SMILES string of the molecule is CCCC[C@H](CC)CNS(=O)(=O)Cc1ccc(C)cc1. The van der Waals surface area contributed by atoms with Crippen molar-refractivity contribution in [3.8, 4) is 0 Å². The molecule has 1 rings (SSSR count). The van der Waals surface area contributed by atoms with Crippen LogP contribution in [-0.4, -0.2) is 15.0 Å². The van der Waals surface area contributed by atoms with Gasteiger partial charge in [0.25, 0.3) is 0 Å². The average Bonchev–Trinajstić information content (AvgIpc) is 2.41. The molecule has 0 aromatic heterocycles. The molecule has 0 saturated heterocycles. The van der Waals surface area contributed by atoms with Gasteiger partial charge in [-0.2, -0.15) is 0 Å². The standard InChI is InChI=1S/C16H27NO2S/c1-4-6-7-15(5-2)12-17-20(18,19)13-16-10-8-14(3)9-11-16/h8-11,15,17H,4-7,12-13H2,1-3H3/t15-/m0/s1. The van der Waals surface area contributed by atoms with Gasteiger partial charge >= 0.3 is 0 Å². The van der Waals surface area contributed by atoms with E-state index >= 15 is 0 Å². The summed E-state index contributed by atoms with van der Waals surface area (Å²) < 4.78 is 26.9. The molecule has 1 aromatic rings. The lowest BCUT2D eigenvalue weighted by Gasteiger charge is -2.15. The Bertz CT molecular complexity index is 480. The summed E-state index contributed by atoms with van der Waals surface area (Å²) in [6.45, 7) is 6.84. The predicted molar refractivity (Wildman–Crippen MR) is 85.1 cm³/mol. The minimum Gasteiger partial charge on any atom is -0.215 e. The summed E-state index contributed by atoms with van der Waals surface area (Å²) in [6, 6.07) is 7.65. The van der Waals surface area contributed by atoms with Gasteiger partial charge in [0.2, 0.25) is 10.0 Å². The minimum absolute atomic E-state index is 0.0670. The van der Waals surface area contributed by atoms with E-state index in [1.54, 1.807) is 0 Å². The number of rotatable bonds is 9. The number of unbranched alkanes of at least 4 members (excludes halogenated alkanes) is 1. The van der Waals surface area contributed by atoms with Crippen LogP contribution in [0, 0.1) is 12.8 Å². The van der Waals surface area contributed by atoms with Crippen molar-refractivity contribution in [1.29, 1.82) is 0 Å². The summed E-state index contributed by atoms with van der Waals surface area (Å²) in [5.74, 6) is 0.514. The monoisotopic (exact) mass is 297 g/mol. The molecule has 1 atom stereocenters. The van der Waals surface area contributed by atoms with Gasteiger partial charge in [-0.25, -0.2) is 13.1 Å². The fourth-order valence-corrected chi connectivity index (χ4v) is 3.37. The molecular weight excluding hydrogens is 270 g/mol. The van der Waals surface area contributed by atoms with Crippen LogP contribution in [-0.2, 0) is 15.8 Å². The van der Waals surface area contributed by atoms with Gasteiger partial charge in [0.1, 0.15) is 0 Å². The van der Waals surface area contributed by atoms with Crippen molar-refractivity contribution in [3.63, 3.8) is 0 Å². The highest BCUT2D eigenvalue weighted by Gasteiger charge is 2.14. The normalized spacial score (nSPS) is 13.3. The summed E-state index contributed by atoms with van der Waals surface area (Å²) in [5, 5.41) is 0. The Balaban J connectivity index is 2.50. The average molecular weight is 297 g/mol. The van der Waals surface area contributed by atoms with Crippen molar-refractivity contribution >= 4 is 10.0 Å². The molecule has 20 heavy (non-hydrogen) atoms. The number of hydrogen-bond donors (Lipinski definition) is 1. The smallest absolute Gasteiger partial charge is 0.215 e. The maximum absolute atomic E-state index is 12.1. The van der Waals surface area contributed by atoms with Crippen LogP contribution >= 0.6 is 0 Å².